The van der Waals surface area contributed by atoms with Crippen LogP contribution in [0.1, 0.15) is 0 Å². The highest BCUT2D eigenvalue weighted by Gasteiger charge is 1.97. The van der Waals surface area contributed by atoms with Gasteiger partial charge in [-0.25, -0.2) is 0 Å². The molecule has 0 saturated carbocycles. The van der Waals surface area contributed by atoms with Crippen molar-refractivity contribution in [2.24, 2.45) is 0 Å². The van der Waals surface area contributed by atoms with Crippen molar-refractivity contribution in [3.63, 3.8) is 0 Å². The van der Waals surface area contributed by atoms with Gasteiger partial charge in [0, 0.05) is 10.2 Å². The molecule has 0 saturated heterocycles. The van der Waals surface area contributed by atoms with Crippen LogP contribution in [-0.2, 0) is 0 Å². The molecule has 49 valence electrons. The van der Waals surface area contributed by atoms with Crippen LogP contribution in [0, 0.1) is 6.92 Å². The van der Waals surface area contributed by atoms with E-state index >= 15 is 0 Å². The minimum atomic E-state index is 0.394. The highest BCUT2D eigenvalue weighted by Crippen LogP contribution is 2.23. The lowest BCUT2D eigenvalue weighted by Gasteiger charge is -2.04. The van der Waals surface area contributed by atoms with Gasteiger partial charge in [-0.05, 0) is 6.92 Å². The van der Waals surface area contributed by atoms with E-state index < -0.39 is 0 Å². The van der Waals surface area contributed by atoms with Crippen LogP contribution in [0.25, 0.3) is 0 Å². The first-order chi connectivity index (χ1) is 3.81. The molecule has 0 aliphatic carbocycles. The Labute approximate surface area is 70.4 Å². The molecule has 1 radical (unpaired) electrons. The summed E-state index contributed by atoms with van der Waals surface area (Å²) >= 11 is 11.5. The van der Waals surface area contributed by atoms with E-state index in [4.69, 9.17) is 0 Å². The molecule has 0 amide bonds. The number of thioether (sulfide) groups is 2. The maximum atomic E-state index is 4.04. The fourth-order valence-electron chi connectivity index (χ4n) is 0.214. The number of hydrogen-bond donors (Lipinski definition) is 2. The molecule has 0 bridgehead atoms. The van der Waals surface area contributed by atoms with Gasteiger partial charge >= 0.3 is 0 Å². The topological polar surface area (TPSA) is 0 Å². The predicted octanol–water partition coefficient (Wildman–Crippen LogP) is 2.39. The van der Waals surface area contributed by atoms with E-state index in [0.717, 1.165) is 10.2 Å². The van der Waals surface area contributed by atoms with Crippen LogP contribution >= 0.6 is 48.8 Å². The lowest BCUT2D eigenvalue weighted by molar-refractivity contribution is 1.68. The van der Waals surface area contributed by atoms with Crippen molar-refractivity contribution >= 4 is 48.8 Å². The molecular formula is C4H9S4. The van der Waals surface area contributed by atoms with E-state index in [9.17, 15) is 0 Å². The van der Waals surface area contributed by atoms with Crippen LogP contribution in [0.15, 0.2) is 0 Å². The van der Waals surface area contributed by atoms with Gasteiger partial charge in [0.15, 0.2) is 0 Å². The molecule has 0 aromatic carbocycles. The van der Waals surface area contributed by atoms with Crippen molar-refractivity contribution < 1.29 is 0 Å². The Balaban J connectivity index is 2.92. The first kappa shape index (κ1) is 9.40. The van der Waals surface area contributed by atoms with E-state index in [1.807, 2.05) is 0 Å². The largest absolute Gasteiger partial charge is 0.168 e. The second-order valence-electron chi connectivity index (χ2n) is 1.02. The maximum absolute atomic E-state index is 4.04. The van der Waals surface area contributed by atoms with E-state index in [1.54, 1.807) is 23.5 Å². The predicted molar refractivity (Wildman–Crippen MR) is 52.0 cm³/mol. The number of thiol groups is 2. The molecule has 0 nitrogen and oxygen atoms in total. The summed E-state index contributed by atoms with van der Waals surface area (Å²) in [7, 11) is 0. The van der Waals surface area contributed by atoms with Crippen molar-refractivity contribution in [3.8, 4) is 0 Å². The van der Waals surface area contributed by atoms with Gasteiger partial charge in [-0.15, -0.1) is 23.5 Å². The second kappa shape index (κ2) is 6.52. The summed E-state index contributed by atoms with van der Waals surface area (Å²) in [5, 5.41) is 1.68. The number of hydrogen-bond acceptors (Lipinski definition) is 4. The number of rotatable bonds is 4. The summed E-state index contributed by atoms with van der Waals surface area (Å²) in [6.45, 7) is 3.85. The Bertz CT molecular complexity index is 41.3. The van der Waals surface area contributed by atoms with Gasteiger partial charge < -0.3 is 0 Å². The second-order valence-corrected chi connectivity index (χ2v) is 5.19. The zero-order valence-electron chi connectivity index (χ0n) is 4.41. The molecule has 0 rings (SSSR count). The highest BCUT2D eigenvalue weighted by atomic mass is 32.2. The van der Waals surface area contributed by atoms with Crippen molar-refractivity contribution in [2.75, 3.05) is 10.2 Å². The summed E-state index contributed by atoms with van der Waals surface area (Å²) in [5.74, 6) is 0. The van der Waals surface area contributed by atoms with Crippen molar-refractivity contribution in [1.82, 2.24) is 0 Å². The molecule has 0 aromatic heterocycles. The standard InChI is InChI=1S/C4H9S4/c1-4(7-2-5)8-3-6/h4-6H,1-3H2. The van der Waals surface area contributed by atoms with Gasteiger partial charge in [0.05, 0.1) is 4.58 Å². The summed E-state index contributed by atoms with van der Waals surface area (Å²) in [4.78, 5) is 0. The third-order valence-corrected chi connectivity index (χ3v) is 3.27. The molecule has 0 spiro atoms. The monoisotopic (exact) mass is 185 g/mol. The van der Waals surface area contributed by atoms with E-state index in [2.05, 4.69) is 32.2 Å². The third kappa shape index (κ3) is 5.54. The lowest BCUT2D eigenvalue weighted by atomic mass is 11.0. The molecule has 0 atom stereocenters. The molecule has 0 heterocycles. The minimum Gasteiger partial charge on any atom is -0.168 e. The van der Waals surface area contributed by atoms with Crippen molar-refractivity contribution in [3.05, 3.63) is 6.92 Å². The molecule has 0 N–H and O–H groups in total. The molecule has 4 heteroatoms. The van der Waals surface area contributed by atoms with Crippen LogP contribution < -0.4 is 0 Å². The van der Waals surface area contributed by atoms with Gasteiger partial charge in [0.25, 0.3) is 0 Å². The first-order valence-electron chi connectivity index (χ1n) is 2.09. The minimum absolute atomic E-state index is 0.394. The van der Waals surface area contributed by atoms with Gasteiger partial charge in [0.1, 0.15) is 0 Å². The molecule has 0 fully saturated rings. The fraction of sp³-hybridized carbons (Fsp3) is 0.750. The lowest BCUT2D eigenvalue weighted by Crippen LogP contribution is -1.87. The Kier molecular flexibility index (Phi) is 7.66. The van der Waals surface area contributed by atoms with Gasteiger partial charge in [-0.1, -0.05) is 0 Å². The zero-order chi connectivity index (χ0) is 6.41. The Morgan fingerprint density at radius 2 is 1.62 bits per heavy atom. The van der Waals surface area contributed by atoms with Crippen molar-refractivity contribution in [2.45, 2.75) is 4.58 Å². The Morgan fingerprint density at radius 1 is 1.25 bits per heavy atom. The summed E-state index contributed by atoms with van der Waals surface area (Å²) < 4.78 is 0.394. The summed E-state index contributed by atoms with van der Waals surface area (Å²) in [6, 6.07) is 0. The molecule has 8 heavy (non-hydrogen) atoms. The zero-order valence-corrected chi connectivity index (χ0v) is 7.83. The fourth-order valence-corrected chi connectivity index (χ4v) is 3.02. The average molecular weight is 185 g/mol. The molecule has 0 aliphatic heterocycles. The van der Waals surface area contributed by atoms with Crippen molar-refractivity contribution in [1.29, 1.82) is 0 Å². The maximum Gasteiger partial charge on any atom is 0.0519 e. The van der Waals surface area contributed by atoms with Crippen LogP contribution in [-0.4, -0.2) is 14.8 Å². The molecule has 0 unspecified atom stereocenters. The smallest absolute Gasteiger partial charge is 0.0519 e. The van der Waals surface area contributed by atoms with Crippen LogP contribution in [0.2, 0.25) is 0 Å². The Hall–Kier alpha value is 1.40. The summed E-state index contributed by atoms with van der Waals surface area (Å²) in [6.07, 6.45) is 0. The molecule has 0 aromatic rings. The molecule has 0 aliphatic rings. The van der Waals surface area contributed by atoms with E-state index in [1.165, 1.54) is 0 Å². The average Bonchev–Trinajstić information content (AvgIpc) is 1.68. The SMILES string of the molecule is [CH2]C(SCS)SCS. The molecular weight excluding hydrogens is 176 g/mol. The first-order valence-corrected chi connectivity index (χ1v) is 5.45. The highest BCUT2D eigenvalue weighted by molar-refractivity contribution is 8.23. The quantitative estimate of drug-likeness (QED) is 0.510. The van der Waals surface area contributed by atoms with Crippen LogP contribution in [0.4, 0.5) is 0 Å². The third-order valence-electron chi connectivity index (χ3n) is 0.521. The van der Waals surface area contributed by atoms with Crippen LogP contribution in [0.3, 0.4) is 0 Å². The Morgan fingerprint density at radius 3 is 1.88 bits per heavy atom. The van der Waals surface area contributed by atoms with Gasteiger partial charge in [-0.2, -0.15) is 25.3 Å². The van der Waals surface area contributed by atoms with Gasteiger partial charge in [-0.3, -0.25) is 0 Å². The van der Waals surface area contributed by atoms with Gasteiger partial charge in [0.2, 0.25) is 0 Å². The van der Waals surface area contributed by atoms with E-state index in [0.29, 0.717) is 4.58 Å². The van der Waals surface area contributed by atoms with Crippen LogP contribution in [0.5, 0.6) is 0 Å². The summed E-state index contributed by atoms with van der Waals surface area (Å²) in [5.41, 5.74) is 0. The van der Waals surface area contributed by atoms with E-state index in [-0.39, 0.29) is 0 Å². The normalized spacial score (nSPS) is 10.5.